The highest BCUT2D eigenvalue weighted by Crippen LogP contribution is 2.18. The van der Waals surface area contributed by atoms with Crippen molar-refractivity contribution < 1.29 is 4.79 Å². The second-order valence-corrected chi connectivity index (χ2v) is 6.17. The zero-order valence-electron chi connectivity index (χ0n) is 12.7. The minimum atomic E-state index is 0.681. The van der Waals surface area contributed by atoms with Crippen molar-refractivity contribution in [2.24, 2.45) is 0 Å². The molecule has 0 atom stereocenters. The van der Waals surface area contributed by atoms with Gasteiger partial charge in [-0.3, -0.25) is 14.6 Å². The molecule has 0 radical (unpaired) electrons. The van der Waals surface area contributed by atoms with Gasteiger partial charge in [-0.05, 0) is 18.4 Å². The number of carbonyl (C=O) groups excluding carboxylic acids is 1. The second-order valence-electron chi connectivity index (χ2n) is 6.17. The van der Waals surface area contributed by atoms with Crippen LogP contribution in [0, 0.1) is 0 Å². The van der Waals surface area contributed by atoms with Crippen LogP contribution in [0.1, 0.15) is 18.4 Å². The molecule has 0 N–H and O–H groups in total. The van der Waals surface area contributed by atoms with Gasteiger partial charge >= 0.3 is 0 Å². The highest BCUT2D eigenvalue weighted by molar-refractivity contribution is 5.47. The summed E-state index contributed by atoms with van der Waals surface area (Å²) in [6, 6.07) is 11.4. The van der Waals surface area contributed by atoms with Gasteiger partial charge in [0.1, 0.15) is 0 Å². The van der Waals surface area contributed by atoms with E-state index in [0.717, 1.165) is 52.0 Å². The summed E-state index contributed by atoms with van der Waals surface area (Å²) in [6.07, 6.45) is 3.27. The van der Waals surface area contributed by atoms with Gasteiger partial charge in [-0.25, -0.2) is 0 Å². The largest absolute Gasteiger partial charge is 0.345 e. The van der Waals surface area contributed by atoms with E-state index in [4.69, 9.17) is 0 Å². The second kappa shape index (κ2) is 7.05. The van der Waals surface area contributed by atoms with Crippen LogP contribution < -0.4 is 0 Å². The summed E-state index contributed by atoms with van der Waals surface area (Å²) in [7, 11) is 0. The molecule has 0 unspecified atom stereocenters. The number of piperidine rings is 1. The molecule has 4 nitrogen and oxygen atoms in total. The van der Waals surface area contributed by atoms with Crippen LogP contribution in [0.3, 0.4) is 0 Å². The molecule has 2 aliphatic heterocycles. The summed E-state index contributed by atoms with van der Waals surface area (Å²) >= 11 is 0. The molecule has 2 aliphatic rings. The van der Waals surface area contributed by atoms with Gasteiger partial charge in [0.05, 0.1) is 0 Å². The van der Waals surface area contributed by atoms with Crippen LogP contribution in [0.15, 0.2) is 30.3 Å². The first-order valence-electron chi connectivity index (χ1n) is 8.05. The molecule has 0 aromatic heterocycles. The first-order valence-corrected chi connectivity index (χ1v) is 8.05. The van der Waals surface area contributed by atoms with Gasteiger partial charge in [0.15, 0.2) is 0 Å². The maximum atomic E-state index is 10.8. The monoisotopic (exact) mass is 287 g/mol. The van der Waals surface area contributed by atoms with Gasteiger partial charge in [0.2, 0.25) is 6.41 Å². The van der Waals surface area contributed by atoms with E-state index in [9.17, 15) is 4.79 Å². The van der Waals surface area contributed by atoms with E-state index in [1.165, 1.54) is 18.7 Å². The zero-order chi connectivity index (χ0) is 14.5. The predicted octanol–water partition coefficient (Wildman–Crippen LogP) is 1.42. The van der Waals surface area contributed by atoms with E-state index in [1.807, 2.05) is 4.90 Å². The number of nitrogens with zero attached hydrogens (tertiary/aromatic N) is 3. The number of hydrogen-bond acceptors (Lipinski definition) is 3. The summed E-state index contributed by atoms with van der Waals surface area (Å²) in [4.78, 5) is 17.8. The predicted molar refractivity (Wildman–Crippen MR) is 84.0 cm³/mol. The summed E-state index contributed by atoms with van der Waals surface area (Å²) in [5.74, 6) is 0. The number of piperazine rings is 1. The number of amides is 1. The quantitative estimate of drug-likeness (QED) is 0.784. The lowest BCUT2D eigenvalue weighted by atomic mass is 10.0. The maximum Gasteiger partial charge on any atom is 0.209 e. The third-order valence-corrected chi connectivity index (χ3v) is 4.82. The Kier molecular flexibility index (Phi) is 4.88. The molecule has 4 heteroatoms. The van der Waals surface area contributed by atoms with Crippen molar-refractivity contribution in [3.63, 3.8) is 0 Å². The van der Waals surface area contributed by atoms with Gasteiger partial charge in [-0.1, -0.05) is 30.3 Å². The fourth-order valence-corrected chi connectivity index (χ4v) is 3.48. The number of hydrogen-bond donors (Lipinski definition) is 0. The molecule has 114 valence electrons. The van der Waals surface area contributed by atoms with E-state index in [1.54, 1.807) is 0 Å². The topological polar surface area (TPSA) is 26.8 Å². The Hall–Kier alpha value is -1.39. The van der Waals surface area contributed by atoms with Crippen LogP contribution in [0.5, 0.6) is 0 Å². The Morgan fingerprint density at radius 3 is 2.24 bits per heavy atom. The van der Waals surface area contributed by atoms with Crippen LogP contribution in [0.2, 0.25) is 0 Å². The highest BCUT2D eigenvalue weighted by Gasteiger charge is 2.26. The minimum Gasteiger partial charge on any atom is -0.345 e. The maximum absolute atomic E-state index is 10.8. The Balaban J connectivity index is 1.44. The molecule has 2 fully saturated rings. The SMILES string of the molecule is O=CN1CCC(N2CCN(Cc3ccccc3)CC2)CC1. The van der Waals surface area contributed by atoms with Gasteiger partial charge in [-0.2, -0.15) is 0 Å². The molecule has 0 spiro atoms. The number of likely N-dealkylation sites (tertiary alicyclic amines) is 1. The Morgan fingerprint density at radius 2 is 1.62 bits per heavy atom. The fraction of sp³-hybridized carbons (Fsp3) is 0.588. The van der Waals surface area contributed by atoms with Crippen LogP contribution in [-0.4, -0.2) is 66.4 Å². The van der Waals surface area contributed by atoms with Crippen molar-refractivity contribution in [2.45, 2.75) is 25.4 Å². The van der Waals surface area contributed by atoms with Gasteiger partial charge in [0.25, 0.3) is 0 Å². The van der Waals surface area contributed by atoms with Gasteiger partial charge < -0.3 is 4.90 Å². The smallest absolute Gasteiger partial charge is 0.209 e. The molecular formula is C17H25N3O. The Morgan fingerprint density at radius 1 is 0.952 bits per heavy atom. The van der Waals surface area contributed by atoms with Gasteiger partial charge in [0, 0.05) is 51.9 Å². The molecule has 2 heterocycles. The Labute approximate surface area is 127 Å². The lowest BCUT2D eigenvalue weighted by Gasteiger charge is -2.42. The molecule has 0 saturated carbocycles. The fourth-order valence-electron chi connectivity index (χ4n) is 3.48. The highest BCUT2D eigenvalue weighted by atomic mass is 16.1. The minimum absolute atomic E-state index is 0.681. The summed E-state index contributed by atoms with van der Waals surface area (Å²) in [6.45, 7) is 7.57. The molecule has 1 aromatic rings. The molecule has 21 heavy (non-hydrogen) atoms. The van der Waals surface area contributed by atoms with Crippen LogP contribution in [0.25, 0.3) is 0 Å². The van der Waals surface area contributed by atoms with Gasteiger partial charge in [-0.15, -0.1) is 0 Å². The normalized spacial score (nSPS) is 22.4. The van der Waals surface area contributed by atoms with E-state index in [-0.39, 0.29) is 0 Å². The van der Waals surface area contributed by atoms with Crippen molar-refractivity contribution in [1.29, 1.82) is 0 Å². The first kappa shape index (κ1) is 14.5. The number of carbonyl (C=O) groups is 1. The summed E-state index contributed by atoms with van der Waals surface area (Å²) in [5.41, 5.74) is 1.41. The van der Waals surface area contributed by atoms with E-state index >= 15 is 0 Å². The van der Waals surface area contributed by atoms with Crippen LogP contribution in [0.4, 0.5) is 0 Å². The standard InChI is InChI=1S/C17H25N3O/c21-15-19-8-6-17(7-9-19)20-12-10-18(11-13-20)14-16-4-2-1-3-5-16/h1-5,15,17H,6-14H2. The summed E-state index contributed by atoms with van der Waals surface area (Å²) < 4.78 is 0. The number of rotatable bonds is 4. The van der Waals surface area contributed by atoms with Crippen molar-refractivity contribution in [3.8, 4) is 0 Å². The van der Waals surface area contributed by atoms with Crippen molar-refractivity contribution in [3.05, 3.63) is 35.9 Å². The molecule has 3 rings (SSSR count). The zero-order valence-corrected chi connectivity index (χ0v) is 12.7. The molecule has 0 aliphatic carbocycles. The molecule has 0 bridgehead atoms. The molecule has 1 amide bonds. The molecule has 2 saturated heterocycles. The Bertz CT molecular complexity index is 435. The molecular weight excluding hydrogens is 262 g/mol. The van der Waals surface area contributed by atoms with E-state index in [0.29, 0.717) is 6.04 Å². The molecule has 1 aromatic carbocycles. The number of benzene rings is 1. The average Bonchev–Trinajstić information content (AvgIpc) is 2.57. The lowest BCUT2D eigenvalue weighted by molar-refractivity contribution is -0.119. The average molecular weight is 287 g/mol. The van der Waals surface area contributed by atoms with Crippen molar-refractivity contribution >= 4 is 6.41 Å². The summed E-state index contributed by atoms with van der Waals surface area (Å²) in [5, 5.41) is 0. The van der Waals surface area contributed by atoms with E-state index in [2.05, 4.69) is 40.1 Å². The van der Waals surface area contributed by atoms with Crippen molar-refractivity contribution in [1.82, 2.24) is 14.7 Å². The van der Waals surface area contributed by atoms with Crippen molar-refractivity contribution in [2.75, 3.05) is 39.3 Å². The third kappa shape index (κ3) is 3.83. The van der Waals surface area contributed by atoms with E-state index < -0.39 is 0 Å². The lowest BCUT2D eigenvalue weighted by Crippen LogP contribution is -2.52. The first-order chi connectivity index (χ1) is 10.3. The van der Waals surface area contributed by atoms with Crippen LogP contribution >= 0.6 is 0 Å². The van der Waals surface area contributed by atoms with Crippen LogP contribution in [-0.2, 0) is 11.3 Å². The third-order valence-electron chi connectivity index (χ3n) is 4.82.